The Kier molecular flexibility index (Phi) is 3.01. The zero-order valence-corrected chi connectivity index (χ0v) is 11.9. The van der Waals surface area contributed by atoms with Gasteiger partial charge in [0.25, 0.3) is 5.56 Å². The van der Waals surface area contributed by atoms with E-state index in [1.807, 2.05) is 30.3 Å². The van der Waals surface area contributed by atoms with Crippen LogP contribution in [0.3, 0.4) is 0 Å². The highest BCUT2D eigenvalue weighted by molar-refractivity contribution is 5.72. The number of nitrogens with zero attached hydrogens (tertiary/aromatic N) is 4. The van der Waals surface area contributed by atoms with Crippen molar-refractivity contribution in [2.24, 2.45) is 0 Å². The highest BCUT2D eigenvalue weighted by Gasteiger charge is 2.13. The summed E-state index contributed by atoms with van der Waals surface area (Å²) in [6.07, 6.45) is 2.87. The molecule has 4 aromatic rings. The molecule has 2 heterocycles. The normalized spacial score (nSPS) is 11.0. The first-order valence-electron chi connectivity index (χ1n) is 7.01. The van der Waals surface area contributed by atoms with Crippen molar-refractivity contribution in [1.82, 2.24) is 19.1 Å². The summed E-state index contributed by atoms with van der Waals surface area (Å²) in [6.45, 7) is 0. The lowest BCUT2D eigenvalue weighted by Crippen LogP contribution is -2.20. The van der Waals surface area contributed by atoms with E-state index in [-0.39, 0.29) is 11.2 Å². The van der Waals surface area contributed by atoms with Gasteiger partial charge in [0.1, 0.15) is 18.5 Å². The molecule has 6 heteroatoms. The number of aromatic nitrogens is 4. The summed E-state index contributed by atoms with van der Waals surface area (Å²) < 4.78 is 16.8. The van der Waals surface area contributed by atoms with Gasteiger partial charge >= 0.3 is 0 Å². The minimum Gasteiger partial charge on any atom is -0.283 e. The van der Waals surface area contributed by atoms with Crippen LogP contribution in [0.2, 0.25) is 0 Å². The Labute approximate surface area is 130 Å². The fraction of sp³-hybridized carbons (Fsp3) is 0. The lowest BCUT2D eigenvalue weighted by Gasteiger charge is -2.07. The number of hydrogen-bond donors (Lipinski definition) is 0. The molecular formula is C17H11FN4O. The third-order valence-electron chi connectivity index (χ3n) is 3.61. The van der Waals surface area contributed by atoms with Gasteiger partial charge in [-0.3, -0.25) is 13.9 Å². The van der Waals surface area contributed by atoms with Gasteiger partial charge in [-0.25, -0.2) is 14.4 Å². The van der Waals surface area contributed by atoms with Crippen LogP contribution in [-0.4, -0.2) is 19.1 Å². The van der Waals surface area contributed by atoms with Crippen LogP contribution in [-0.2, 0) is 0 Å². The second-order valence-electron chi connectivity index (χ2n) is 4.99. The van der Waals surface area contributed by atoms with Crippen LogP contribution < -0.4 is 5.56 Å². The Morgan fingerprint density at radius 3 is 2.30 bits per heavy atom. The van der Waals surface area contributed by atoms with Crippen LogP contribution in [0.5, 0.6) is 0 Å². The fourth-order valence-electron chi connectivity index (χ4n) is 2.49. The monoisotopic (exact) mass is 306 g/mol. The zero-order valence-electron chi connectivity index (χ0n) is 11.9. The van der Waals surface area contributed by atoms with E-state index in [0.29, 0.717) is 5.65 Å². The molecule has 112 valence electrons. The van der Waals surface area contributed by atoms with E-state index in [4.69, 9.17) is 0 Å². The first kappa shape index (κ1) is 13.4. The van der Waals surface area contributed by atoms with Crippen LogP contribution in [0.1, 0.15) is 0 Å². The van der Waals surface area contributed by atoms with Crippen molar-refractivity contribution in [3.8, 4) is 11.4 Å². The highest BCUT2D eigenvalue weighted by atomic mass is 19.1. The molecule has 2 aromatic heterocycles. The smallest absolute Gasteiger partial charge is 0.283 e. The number of fused-ring (bicyclic) bond motifs is 1. The van der Waals surface area contributed by atoms with Crippen LogP contribution in [0.4, 0.5) is 4.39 Å². The van der Waals surface area contributed by atoms with Gasteiger partial charge in [0.05, 0.1) is 5.69 Å². The van der Waals surface area contributed by atoms with E-state index in [9.17, 15) is 9.18 Å². The molecule has 0 atom stereocenters. The second-order valence-corrected chi connectivity index (χ2v) is 4.99. The molecule has 0 spiro atoms. The maximum Gasteiger partial charge on any atom is 0.286 e. The Bertz CT molecular complexity index is 1050. The Morgan fingerprint density at radius 2 is 1.52 bits per heavy atom. The quantitative estimate of drug-likeness (QED) is 0.572. The molecule has 0 bridgehead atoms. The Balaban J connectivity index is 1.95. The molecule has 0 N–H and O–H groups in total. The van der Waals surface area contributed by atoms with E-state index >= 15 is 0 Å². The van der Waals surface area contributed by atoms with E-state index < -0.39 is 11.4 Å². The van der Waals surface area contributed by atoms with E-state index in [0.717, 1.165) is 5.69 Å². The van der Waals surface area contributed by atoms with Crippen molar-refractivity contribution in [3.63, 3.8) is 0 Å². The largest absolute Gasteiger partial charge is 0.286 e. The lowest BCUT2D eigenvalue weighted by molar-refractivity contribution is 0.615. The van der Waals surface area contributed by atoms with Gasteiger partial charge in [-0.1, -0.05) is 30.3 Å². The first-order chi connectivity index (χ1) is 11.3. The van der Waals surface area contributed by atoms with Gasteiger partial charge in [0.2, 0.25) is 0 Å². The molecule has 23 heavy (non-hydrogen) atoms. The maximum absolute atomic E-state index is 13.9. The van der Waals surface area contributed by atoms with Gasteiger partial charge in [-0.15, -0.1) is 0 Å². The van der Waals surface area contributed by atoms with Crippen molar-refractivity contribution in [1.29, 1.82) is 0 Å². The summed E-state index contributed by atoms with van der Waals surface area (Å²) in [7, 11) is 0. The summed E-state index contributed by atoms with van der Waals surface area (Å²) in [5, 5.41) is 0. The van der Waals surface area contributed by atoms with E-state index in [2.05, 4.69) is 9.97 Å². The number of imidazole rings is 1. The zero-order chi connectivity index (χ0) is 15.8. The average molecular weight is 306 g/mol. The van der Waals surface area contributed by atoms with Crippen molar-refractivity contribution < 1.29 is 4.39 Å². The minimum atomic E-state index is -0.488. The van der Waals surface area contributed by atoms with Crippen LogP contribution in [0, 0.1) is 5.82 Å². The number of hydrogen-bond acceptors (Lipinski definition) is 3. The number of rotatable bonds is 2. The average Bonchev–Trinajstić information content (AvgIpc) is 3.02. The van der Waals surface area contributed by atoms with Crippen LogP contribution in [0.25, 0.3) is 22.5 Å². The second kappa shape index (κ2) is 5.17. The predicted octanol–water partition coefficient (Wildman–Crippen LogP) is 2.71. The Morgan fingerprint density at radius 1 is 0.826 bits per heavy atom. The molecule has 0 saturated heterocycles. The predicted molar refractivity (Wildman–Crippen MR) is 84.4 cm³/mol. The number of halogens is 1. The summed E-state index contributed by atoms with van der Waals surface area (Å²) >= 11 is 0. The van der Waals surface area contributed by atoms with Gasteiger partial charge in [-0.2, -0.15) is 0 Å². The number of benzene rings is 2. The molecule has 2 aromatic carbocycles. The summed E-state index contributed by atoms with van der Waals surface area (Å²) in [6, 6.07) is 15.5. The van der Waals surface area contributed by atoms with Gasteiger partial charge < -0.3 is 0 Å². The summed E-state index contributed by atoms with van der Waals surface area (Å²) in [5.74, 6) is -0.488. The maximum atomic E-state index is 13.9. The molecule has 4 rings (SSSR count). The SMILES string of the molecule is O=c1c2ncn(-c3ccccc3)c2ncn1-c1ccccc1F. The van der Waals surface area contributed by atoms with Crippen molar-refractivity contribution in [3.05, 3.63) is 83.4 Å². The van der Waals surface area contributed by atoms with E-state index in [1.165, 1.54) is 23.0 Å². The molecule has 0 amide bonds. The third kappa shape index (κ3) is 2.12. The van der Waals surface area contributed by atoms with Gasteiger partial charge in [0, 0.05) is 5.69 Å². The first-order valence-corrected chi connectivity index (χ1v) is 7.01. The fourth-order valence-corrected chi connectivity index (χ4v) is 2.49. The summed E-state index contributed by atoms with van der Waals surface area (Å²) in [4.78, 5) is 21.1. The topological polar surface area (TPSA) is 52.7 Å². The third-order valence-corrected chi connectivity index (χ3v) is 3.61. The molecule has 0 aliphatic heterocycles. The molecule has 0 aliphatic carbocycles. The van der Waals surface area contributed by atoms with Crippen molar-refractivity contribution >= 4 is 11.2 Å². The Hall–Kier alpha value is -3.28. The molecule has 0 radical (unpaired) electrons. The van der Waals surface area contributed by atoms with Crippen molar-refractivity contribution in [2.75, 3.05) is 0 Å². The molecule has 0 unspecified atom stereocenters. The van der Waals surface area contributed by atoms with Crippen LogP contribution >= 0.6 is 0 Å². The molecule has 5 nitrogen and oxygen atoms in total. The highest BCUT2D eigenvalue weighted by Crippen LogP contribution is 2.15. The summed E-state index contributed by atoms with van der Waals surface area (Å²) in [5.41, 5.74) is 1.23. The van der Waals surface area contributed by atoms with Crippen molar-refractivity contribution in [2.45, 2.75) is 0 Å². The molecule has 0 fully saturated rings. The molecular weight excluding hydrogens is 295 g/mol. The molecule has 0 saturated carbocycles. The molecule has 0 aliphatic rings. The van der Waals surface area contributed by atoms with Crippen LogP contribution in [0.15, 0.2) is 72.0 Å². The standard InChI is InChI=1S/C17H11FN4O/c18-13-8-4-5-9-14(13)22-11-20-16-15(17(22)23)19-10-21(16)12-6-2-1-3-7-12/h1-11H. The van der Waals surface area contributed by atoms with Gasteiger partial charge in [-0.05, 0) is 24.3 Å². The number of para-hydroxylation sites is 2. The lowest BCUT2D eigenvalue weighted by atomic mass is 10.3. The van der Waals surface area contributed by atoms with Gasteiger partial charge in [0.15, 0.2) is 11.2 Å². The van der Waals surface area contributed by atoms with E-state index in [1.54, 1.807) is 23.0 Å². The minimum absolute atomic E-state index is 0.154.